The van der Waals surface area contributed by atoms with Crippen LogP contribution in [0.4, 0.5) is 5.69 Å². The number of nitrogens with zero attached hydrogens (tertiary/aromatic N) is 2. The van der Waals surface area contributed by atoms with Gasteiger partial charge < -0.3 is 24.3 Å². The predicted molar refractivity (Wildman–Crippen MR) is 151 cm³/mol. The number of rotatable bonds is 4. The van der Waals surface area contributed by atoms with Crippen molar-refractivity contribution in [1.29, 1.82) is 0 Å². The topological polar surface area (TPSA) is 72.5 Å². The summed E-state index contributed by atoms with van der Waals surface area (Å²) in [5.74, 6) is 1.47. The lowest BCUT2D eigenvalue weighted by Gasteiger charge is -2.27. The van der Waals surface area contributed by atoms with Crippen LogP contribution < -0.4 is 14.8 Å². The second-order valence-electron chi connectivity index (χ2n) is 9.62. The Balaban J connectivity index is 1.31. The number of carbonyl (C=O) groups is 1. The molecule has 39 heavy (non-hydrogen) atoms. The molecule has 0 radical (unpaired) electrons. The highest BCUT2D eigenvalue weighted by Gasteiger charge is 2.17. The van der Waals surface area contributed by atoms with Crippen molar-refractivity contribution < 1.29 is 23.7 Å². The number of benzene rings is 3. The largest absolute Gasteiger partial charge is 0.487 e. The van der Waals surface area contributed by atoms with Crippen molar-refractivity contribution >= 4 is 23.2 Å². The fourth-order valence-corrected chi connectivity index (χ4v) is 4.85. The predicted octanol–water partition coefficient (Wildman–Crippen LogP) is 4.81. The van der Waals surface area contributed by atoms with Crippen molar-refractivity contribution in [3.63, 3.8) is 0 Å². The van der Waals surface area contributed by atoms with E-state index in [0.717, 1.165) is 38.4 Å². The van der Waals surface area contributed by atoms with Crippen molar-refractivity contribution in [3.05, 3.63) is 82.9 Å². The summed E-state index contributed by atoms with van der Waals surface area (Å²) in [6, 6.07) is 21.1. The number of fused-ring (bicyclic) bond motifs is 2. The van der Waals surface area contributed by atoms with Crippen LogP contribution in [-0.2, 0) is 27.4 Å². The first-order valence-electron chi connectivity index (χ1n) is 13.3. The van der Waals surface area contributed by atoms with Gasteiger partial charge >= 0.3 is 0 Å². The Labute approximate surface area is 234 Å². The lowest BCUT2D eigenvalue weighted by molar-refractivity contribution is -0.117. The van der Waals surface area contributed by atoms with Crippen molar-refractivity contribution in [2.45, 2.75) is 13.1 Å². The van der Waals surface area contributed by atoms with Gasteiger partial charge in [-0.25, -0.2) is 0 Å². The smallest absolute Gasteiger partial charge is 0.238 e. The summed E-state index contributed by atoms with van der Waals surface area (Å²) in [4.78, 5) is 17.7. The zero-order chi connectivity index (χ0) is 26.9. The third-order valence-electron chi connectivity index (χ3n) is 6.60. The molecule has 1 N–H and O–H groups in total. The normalized spacial score (nSPS) is 17.9. The Morgan fingerprint density at radius 1 is 0.718 bits per heavy atom. The van der Waals surface area contributed by atoms with Crippen LogP contribution >= 0.6 is 11.6 Å². The Hall–Kier alpha value is -3.14. The Bertz CT molecular complexity index is 1250. The minimum absolute atomic E-state index is 0.161. The SMILES string of the molecule is O=C1CN(Cc2cccc(CN3CCOCC3)c2)CCOCCOc2ccccc2Oc2ccc(Cl)cc2N1. The molecular formula is C30H34ClN3O5. The molecule has 8 nitrogen and oxygen atoms in total. The van der Waals surface area contributed by atoms with Gasteiger partial charge in [-0.2, -0.15) is 0 Å². The van der Waals surface area contributed by atoms with E-state index in [0.29, 0.717) is 60.9 Å². The van der Waals surface area contributed by atoms with Crippen LogP contribution in [-0.4, -0.2) is 74.9 Å². The van der Waals surface area contributed by atoms with Gasteiger partial charge in [0.25, 0.3) is 0 Å². The van der Waals surface area contributed by atoms with Crippen molar-refractivity contribution in [2.24, 2.45) is 0 Å². The van der Waals surface area contributed by atoms with Crippen LogP contribution in [0.25, 0.3) is 0 Å². The van der Waals surface area contributed by atoms with Crippen molar-refractivity contribution in [1.82, 2.24) is 9.80 Å². The van der Waals surface area contributed by atoms with Crippen LogP contribution in [0.5, 0.6) is 17.2 Å². The summed E-state index contributed by atoms with van der Waals surface area (Å²) in [5.41, 5.74) is 2.91. The van der Waals surface area contributed by atoms with Gasteiger partial charge in [0.05, 0.1) is 38.7 Å². The van der Waals surface area contributed by atoms with Gasteiger partial charge in [-0.05, 0) is 41.5 Å². The molecule has 2 heterocycles. The van der Waals surface area contributed by atoms with E-state index < -0.39 is 0 Å². The van der Waals surface area contributed by atoms with Gasteiger partial charge in [-0.3, -0.25) is 14.6 Å². The molecule has 5 rings (SSSR count). The quantitative estimate of drug-likeness (QED) is 0.499. The van der Waals surface area contributed by atoms with Crippen LogP contribution in [0.2, 0.25) is 5.02 Å². The highest BCUT2D eigenvalue weighted by molar-refractivity contribution is 6.31. The minimum atomic E-state index is -0.161. The number of hydrogen-bond acceptors (Lipinski definition) is 7. The summed E-state index contributed by atoms with van der Waals surface area (Å²) >= 11 is 6.27. The highest BCUT2D eigenvalue weighted by atomic mass is 35.5. The summed E-state index contributed by atoms with van der Waals surface area (Å²) in [7, 11) is 0. The van der Waals surface area contributed by atoms with E-state index in [2.05, 4.69) is 39.4 Å². The van der Waals surface area contributed by atoms with Gasteiger partial charge in [-0.15, -0.1) is 0 Å². The molecule has 1 fully saturated rings. The fraction of sp³-hybridized carbons (Fsp3) is 0.367. The molecular weight excluding hydrogens is 518 g/mol. The van der Waals surface area contributed by atoms with Crippen LogP contribution in [0.1, 0.15) is 11.1 Å². The minimum Gasteiger partial charge on any atom is -0.487 e. The summed E-state index contributed by atoms with van der Waals surface area (Å²) in [5, 5.41) is 3.50. The fourth-order valence-electron chi connectivity index (χ4n) is 4.68. The third kappa shape index (κ3) is 8.17. The number of ether oxygens (including phenoxy) is 4. The zero-order valence-corrected chi connectivity index (χ0v) is 22.7. The molecule has 0 unspecified atom stereocenters. The first-order chi connectivity index (χ1) is 19.1. The van der Waals surface area contributed by atoms with Gasteiger partial charge in [0.2, 0.25) is 5.91 Å². The standard InChI is InChI=1S/C30H34ClN3O5/c31-25-8-9-27-26(19-25)32-30(35)22-34(12-15-37-16-17-38-28-6-1-2-7-29(28)39-27)21-24-5-3-4-23(18-24)20-33-10-13-36-14-11-33/h1-9,18-19H,10-17,20-22H2,(H,32,35). The average Bonchev–Trinajstić information content (AvgIpc) is 2.93. The van der Waals surface area contributed by atoms with Gasteiger partial charge in [0.15, 0.2) is 17.2 Å². The Kier molecular flexibility index (Phi) is 9.69. The number of hydrogen-bond donors (Lipinski definition) is 1. The van der Waals surface area contributed by atoms with Gasteiger partial charge in [0, 0.05) is 37.7 Å². The average molecular weight is 552 g/mol. The lowest BCUT2D eigenvalue weighted by atomic mass is 10.1. The number of morpholine rings is 1. The maximum absolute atomic E-state index is 13.2. The van der Waals surface area contributed by atoms with E-state index in [9.17, 15) is 4.79 Å². The highest BCUT2D eigenvalue weighted by Crippen LogP contribution is 2.36. The molecule has 3 aromatic carbocycles. The molecule has 9 heteroatoms. The molecule has 206 valence electrons. The van der Waals surface area contributed by atoms with Crippen molar-refractivity contribution in [2.75, 3.05) is 64.5 Å². The maximum atomic E-state index is 13.2. The number of carbonyl (C=O) groups excluding carboxylic acids is 1. The van der Waals surface area contributed by atoms with Gasteiger partial charge in [-0.1, -0.05) is 48.0 Å². The Morgan fingerprint density at radius 2 is 1.41 bits per heavy atom. The molecule has 0 atom stereocenters. The van der Waals surface area contributed by atoms with E-state index in [1.807, 2.05) is 24.3 Å². The number of amides is 1. The third-order valence-corrected chi connectivity index (χ3v) is 6.83. The number of anilines is 1. The van der Waals surface area contributed by atoms with E-state index in [-0.39, 0.29) is 12.5 Å². The molecule has 0 bridgehead atoms. The number of para-hydroxylation sites is 2. The monoisotopic (exact) mass is 551 g/mol. The van der Waals surface area contributed by atoms with Crippen LogP contribution in [0.3, 0.4) is 0 Å². The lowest BCUT2D eigenvalue weighted by Crippen LogP contribution is -2.36. The number of halogens is 1. The summed E-state index contributed by atoms with van der Waals surface area (Å²) < 4.78 is 23.4. The molecule has 0 aromatic heterocycles. The number of nitrogens with one attached hydrogen (secondary N) is 1. The van der Waals surface area contributed by atoms with E-state index in [1.54, 1.807) is 18.2 Å². The summed E-state index contributed by atoms with van der Waals surface area (Å²) in [6.45, 7) is 7.02. The van der Waals surface area contributed by atoms with Crippen LogP contribution in [0.15, 0.2) is 66.7 Å². The molecule has 2 aliphatic heterocycles. The second-order valence-corrected chi connectivity index (χ2v) is 10.1. The molecule has 0 aliphatic carbocycles. The van der Waals surface area contributed by atoms with Crippen molar-refractivity contribution in [3.8, 4) is 17.2 Å². The first-order valence-corrected chi connectivity index (χ1v) is 13.7. The van der Waals surface area contributed by atoms with Crippen LogP contribution in [0, 0.1) is 0 Å². The molecule has 1 amide bonds. The molecule has 0 spiro atoms. The first kappa shape index (κ1) is 27.4. The van der Waals surface area contributed by atoms with Gasteiger partial charge in [0.1, 0.15) is 6.61 Å². The molecule has 3 aromatic rings. The summed E-state index contributed by atoms with van der Waals surface area (Å²) in [6.07, 6.45) is 0. The molecule has 2 aliphatic rings. The second kappa shape index (κ2) is 13.8. The van der Waals surface area contributed by atoms with E-state index in [4.69, 9.17) is 30.5 Å². The zero-order valence-electron chi connectivity index (χ0n) is 21.9. The molecule has 0 saturated carbocycles. The molecule has 1 saturated heterocycles. The van der Waals surface area contributed by atoms with E-state index >= 15 is 0 Å². The maximum Gasteiger partial charge on any atom is 0.238 e. The Morgan fingerprint density at radius 3 is 2.21 bits per heavy atom. The van der Waals surface area contributed by atoms with E-state index in [1.165, 1.54) is 5.56 Å².